The van der Waals surface area contributed by atoms with Gasteiger partial charge in [-0.25, -0.2) is 4.98 Å². The fraction of sp³-hybridized carbons (Fsp3) is 0.438. The number of rotatable bonds is 4. The third-order valence-corrected chi connectivity index (χ3v) is 4.07. The number of nitrogens with two attached hydrogens (primary N) is 1. The van der Waals surface area contributed by atoms with E-state index in [4.69, 9.17) is 5.73 Å². The van der Waals surface area contributed by atoms with E-state index < -0.39 is 0 Å². The number of fused-ring (bicyclic) bond motifs is 1. The molecule has 0 fully saturated rings. The normalized spacial score (nSPS) is 16.0. The molecule has 0 saturated carbocycles. The minimum Gasteiger partial charge on any atom is -0.362 e. The summed E-state index contributed by atoms with van der Waals surface area (Å²) in [6.45, 7) is 5.07. The Balaban J connectivity index is 1.69. The average molecular weight is 270 g/mol. The van der Waals surface area contributed by atoms with Gasteiger partial charge in [0.05, 0.1) is 6.54 Å². The van der Waals surface area contributed by atoms with Gasteiger partial charge in [0.15, 0.2) is 0 Å². The van der Waals surface area contributed by atoms with Gasteiger partial charge in [-0.15, -0.1) is 0 Å². The number of hydrogen-bond acceptors (Lipinski definition) is 3. The summed E-state index contributed by atoms with van der Waals surface area (Å²) in [5.74, 6) is 1.15. The molecule has 0 spiro atoms. The quantitative estimate of drug-likeness (QED) is 0.926. The van der Waals surface area contributed by atoms with Gasteiger partial charge in [-0.05, 0) is 30.5 Å². The first-order valence-electron chi connectivity index (χ1n) is 7.35. The van der Waals surface area contributed by atoms with Gasteiger partial charge >= 0.3 is 0 Å². The van der Waals surface area contributed by atoms with Crippen molar-refractivity contribution in [1.82, 2.24) is 9.55 Å². The zero-order valence-electron chi connectivity index (χ0n) is 12.0. The molecular weight excluding hydrogens is 248 g/mol. The maximum atomic E-state index is 6.01. The molecule has 2 N–H and O–H groups in total. The Morgan fingerprint density at radius 1 is 1.25 bits per heavy atom. The van der Waals surface area contributed by atoms with Gasteiger partial charge in [-0.1, -0.05) is 19.1 Å². The Kier molecular flexibility index (Phi) is 3.74. The monoisotopic (exact) mass is 270 g/mol. The van der Waals surface area contributed by atoms with E-state index in [2.05, 4.69) is 51.8 Å². The van der Waals surface area contributed by atoms with Gasteiger partial charge < -0.3 is 15.2 Å². The Bertz CT molecular complexity index is 558. The van der Waals surface area contributed by atoms with E-state index in [0.29, 0.717) is 0 Å². The van der Waals surface area contributed by atoms with Gasteiger partial charge in [-0.2, -0.15) is 0 Å². The molecule has 2 heterocycles. The van der Waals surface area contributed by atoms with Crippen molar-refractivity contribution < 1.29 is 0 Å². The van der Waals surface area contributed by atoms with Crippen LogP contribution in [0, 0.1) is 0 Å². The van der Waals surface area contributed by atoms with E-state index in [0.717, 1.165) is 38.3 Å². The largest absolute Gasteiger partial charge is 0.362 e. The molecule has 0 amide bonds. The molecule has 0 radical (unpaired) electrons. The second kappa shape index (κ2) is 5.67. The molecule has 20 heavy (non-hydrogen) atoms. The highest BCUT2D eigenvalue weighted by Crippen LogP contribution is 2.21. The van der Waals surface area contributed by atoms with Crippen molar-refractivity contribution in [2.75, 3.05) is 11.4 Å². The number of aromatic nitrogens is 2. The fourth-order valence-electron chi connectivity index (χ4n) is 2.68. The summed E-state index contributed by atoms with van der Waals surface area (Å²) in [6, 6.07) is 9.08. The third-order valence-electron chi connectivity index (χ3n) is 4.07. The molecule has 1 atom stereocenters. The molecule has 4 nitrogen and oxygen atoms in total. The number of nitrogens with zero attached hydrogens (tertiary/aromatic N) is 3. The van der Waals surface area contributed by atoms with Crippen molar-refractivity contribution in [2.24, 2.45) is 5.73 Å². The van der Waals surface area contributed by atoms with Crippen LogP contribution in [0.15, 0.2) is 36.7 Å². The minimum absolute atomic E-state index is 0.267. The van der Waals surface area contributed by atoms with Crippen LogP contribution in [0.5, 0.6) is 0 Å². The maximum absolute atomic E-state index is 6.01. The van der Waals surface area contributed by atoms with Crippen molar-refractivity contribution in [3.63, 3.8) is 0 Å². The van der Waals surface area contributed by atoms with Gasteiger partial charge in [-0.3, -0.25) is 0 Å². The van der Waals surface area contributed by atoms with E-state index >= 15 is 0 Å². The van der Waals surface area contributed by atoms with E-state index in [9.17, 15) is 0 Å². The van der Waals surface area contributed by atoms with Crippen LogP contribution >= 0.6 is 0 Å². The zero-order valence-corrected chi connectivity index (χ0v) is 12.0. The van der Waals surface area contributed by atoms with Crippen molar-refractivity contribution in [1.29, 1.82) is 0 Å². The molecule has 4 heteroatoms. The Labute approximate surface area is 120 Å². The molecule has 0 bridgehead atoms. The highest BCUT2D eigenvalue weighted by molar-refractivity contribution is 5.48. The maximum Gasteiger partial charge on any atom is 0.128 e. The lowest BCUT2D eigenvalue weighted by Gasteiger charge is -2.29. The van der Waals surface area contributed by atoms with E-state index in [1.165, 1.54) is 11.3 Å². The van der Waals surface area contributed by atoms with Crippen LogP contribution in [0.1, 0.15) is 24.7 Å². The first kappa shape index (κ1) is 13.2. The molecule has 3 rings (SSSR count). The topological polar surface area (TPSA) is 47.1 Å². The standard InChI is InChI=1S/C16H22N4/c1-2-14(17)11-13-3-5-15(6-4-13)20-10-9-19-8-7-18-16(19)12-20/h3-8,14H,2,9-12,17H2,1H3. The van der Waals surface area contributed by atoms with Crippen LogP contribution in [0.3, 0.4) is 0 Å². The number of imidazole rings is 1. The molecule has 106 valence electrons. The SMILES string of the molecule is CCC(N)Cc1ccc(N2CCn3ccnc3C2)cc1. The van der Waals surface area contributed by atoms with Crippen molar-refractivity contribution in [2.45, 2.75) is 38.9 Å². The summed E-state index contributed by atoms with van der Waals surface area (Å²) in [7, 11) is 0. The van der Waals surface area contributed by atoms with Gasteiger partial charge in [0.25, 0.3) is 0 Å². The molecule has 1 aliphatic rings. The fourth-order valence-corrected chi connectivity index (χ4v) is 2.68. The van der Waals surface area contributed by atoms with Crippen LogP contribution in [-0.4, -0.2) is 22.1 Å². The summed E-state index contributed by atoms with van der Waals surface area (Å²) in [6.07, 6.45) is 5.92. The Hall–Kier alpha value is -1.81. The predicted octanol–water partition coefficient (Wildman–Crippen LogP) is 2.18. The van der Waals surface area contributed by atoms with E-state index in [1.54, 1.807) is 0 Å². The first-order valence-corrected chi connectivity index (χ1v) is 7.35. The van der Waals surface area contributed by atoms with Crippen molar-refractivity contribution >= 4 is 5.69 Å². The summed E-state index contributed by atoms with van der Waals surface area (Å²) in [4.78, 5) is 6.79. The Morgan fingerprint density at radius 2 is 2.05 bits per heavy atom. The second-order valence-electron chi connectivity index (χ2n) is 5.50. The number of anilines is 1. The molecule has 0 aliphatic carbocycles. The highest BCUT2D eigenvalue weighted by Gasteiger charge is 2.16. The summed E-state index contributed by atoms with van der Waals surface area (Å²) in [5, 5.41) is 0. The van der Waals surface area contributed by atoms with Crippen LogP contribution in [-0.2, 0) is 19.5 Å². The van der Waals surface area contributed by atoms with Crippen molar-refractivity contribution in [3.05, 3.63) is 48.0 Å². The number of benzene rings is 1. The van der Waals surface area contributed by atoms with Gasteiger partial charge in [0.1, 0.15) is 5.82 Å². The summed E-state index contributed by atoms with van der Waals surface area (Å²) < 4.78 is 2.23. The van der Waals surface area contributed by atoms with Crippen LogP contribution in [0.25, 0.3) is 0 Å². The third kappa shape index (κ3) is 2.70. The predicted molar refractivity (Wildman–Crippen MR) is 81.7 cm³/mol. The smallest absolute Gasteiger partial charge is 0.128 e. The second-order valence-corrected chi connectivity index (χ2v) is 5.50. The number of hydrogen-bond donors (Lipinski definition) is 1. The summed E-state index contributed by atoms with van der Waals surface area (Å²) in [5.41, 5.74) is 8.60. The molecule has 1 unspecified atom stereocenters. The van der Waals surface area contributed by atoms with Gasteiger partial charge in [0, 0.05) is 37.2 Å². The molecule has 1 aromatic carbocycles. The first-order chi connectivity index (χ1) is 9.76. The van der Waals surface area contributed by atoms with E-state index in [1.807, 2.05) is 6.20 Å². The lowest BCUT2D eigenvalue weighted by Crippen LogP contribution is -2.33. The lowest BCUT2D eigenvalue weighted by atomic mass is 10.0. The molecule has 1 aliphatic heterocycles. The molecular formula is C16H22N4. The Morgan fingerprint density at radius 3 is 2.80 bits per heavy atom. The molecule has 2 aromatic rings. The van der Waals surface area contributed by atoms with Crippen LogP contribution in [0.4, 0.5) is 5.69 Å². The minimum atomic E-state index is 0.267. The molecule has 1 aromatic heterocycles. The van der Waals surface area contributed by atoms with Crippen LogP contribution in [0.2, 0.25) is 0 Å². The van der Waals surface area contributed by atoms with Gasteiger partial charge in [0.2, 0.25) is 0 Å². The summed E-state index contributed by atoms with van der Waals surface area (Å²) >= 11 is 0. The van der Waals surface area contributed by atoms with Crippen molar-refractivity contribution in [3.8, 4) is 0 Å². The lowest BCUT2D eigenvalue weighted by molar-refractivity contribution is 0.560. The molecule has 0 saturated heterocycles. The average Bonchev–Trinajstić information content (AvgIpc) is 2.95. The zero-order chi connectivity index (χ0) is 13.9. The van der Waals surface area contributed by atoms with E-state index in [-0.39, 0.29) is 6.04 Å². The van der Waals surface area contributed by atoms with Crippen LogP contribution < -0.4 is 10.6 Å². The highest BCUT2D eigenvalue weighted by atomic mass is 15.2.